The van der Waals surface area contributed by atoms with Crippen molar-refractivity contribution in [2.45, 2.75) is 40.5 Å². The molecule has 4 heterocycles. The van der Waals surface area contributed by atoms with Gasteiger partial charge in [-0.2, -0.15) is 0 Å². The lowest BCUT2D eigenvalue weighted by Gasteiger charge is -2.17. The molecule has 0 bridgehead atoms. The van der Waals surface area contributed by atoms with E-state index in [1.54, 1.807) is 0 Å². The van der Waals surface area contributed by atoms with Gasteiger partial charge >= 0.3 is 7.40 Å². The van der Waals surface area contributed by atoms with Gasteiger partial charge in [0.15, 0.2) is 0 Å². The highest BCUT2D eigenvalue weighted by molar-refractivity contribution is 6.42. The Labute approximate surface area is 303 Å². The van der Waals surface area contributed by atoms with E-state index < -0.39 is 7.40 Å². The largest absolute Gasteiger partial charge is 0.678 e. The molecular weight excluding hydrogens is 649 g/mol. The summed E-state index contributed by atoms with van der Waals surface area (Å²) in [4.78, 5) is 11.9. The number of allylic oxidation sites excluding steroid dienone is 3. The minimum absolute atomic E-state index is 0.130. The van der Waals surface area contributed by atoms with E-state index in [-0.39, 0.29) is 6.61 Å². The van der Waals surface area contributed by atoms with Crippen LogP contribution in [0, 0.1) is 19.3 Å². The van der Waals surface area contributed by atoms with Gasteiger partial charge in [0.1, 0.15) is 12.4 Å². The standard InChI is InChI=1S/C44H39BF2N4O/c1-6-25-52-33-21-17-30(18-22-33)42(43-28(4)34(7-2)40(50-43)23-19-31-26-48-38-15-11-9-13-36(31)38)44-29(5)35(8-3)41(51(44)45(46)47)24-20-32-27-49-39-16-12-10-14-37(32)39/h1,9-24,26-27,48-49H,7-8,25H2,2-5H3/b23-19+,24-20+,43-42-. The minimum atomic E-state index is -2.81. The number of nitrogens with one attached hydrogen (secondary N) is 2. The number of ether oxygens (including phenoxy) is 1. The number of hydrogen-bond donors (Lipinski definition) is 2. The molecule has 8 heteroatoms. The second-order valence-corrected chi connectivity index (χ2v) is 12.8. The lowest BCUT2D eigenvalue weighted by atomic mass is 9.92. The van der Waals surface area contributed by atoms with Crippen LogP contribution >= 0.6 is 0 Å². The number of terminal acetylenes is 1. The molecule has 5 nitrogen and oxygen atoms in total. The van der Waals surface area contributed by atoms with Crippen molar-refractivity contribution < 1.29 is 13.4 Å². The zero-order valence-corrected chi connectivity index (χ0v) is 29.7. The number of halogens is 2. The van der Waals surface area contributed by atoms with Crippen LogP contribution in [0.15, 0.2) is 113 Å². The van der Waals surface area contributed by atoms with Crippen molar-refractivity contribution in [3.63, 3.8) is 0 Å². The molecule has 0 fully saturated rings. The zero-order valence-electron chi connectivity index (χ0n) is 29.7. The van der Waals surface area contributed by atoms with Gasteiger partial charge in [-0.05, 0) is 102 Å². The van der Waals surface area contributed by atoms with Crippen LogP contribution in [0.25, 0.3) is 45.6 Å². The van der Waals surface area contributed by atoms with Gasteiger partial charge < -0.3 is 19.2 Å². The van der Waals surface area contributed by atoms with Crippen molar-refractivity contribution in [1.29, 1.82) is 0 Å². The van der Waals surface area contributed by atoms with E-state index in [9.17, 15) is 0 Å². The molecule has 0 radical (unpaired) electrons. The number of aromatic nitrogens is 3. The first-order chi connectivity index (χ1) is 25.3. The molecule has 52 heavy (non-hydrogen) atoms. The molecular formula is C44H39BF2N4O. The Bertz CT molecular complexity index is 2500. The smallest absolute Gasteiger partial charge is 0.481 e. The summed E-state index contributed by atoms with van der Waals surface area (Å²) in [7, 11) is -2.81. The maximum atomic E-state index is 15.6. The van der Waals surface area contributed by atoms with Gasteiger partial charge in [0.25, 0.3) is 0 Å². The van der Waals surface area contributed by atoms with Crippen LogP contribution in [-0.2, 0) is 6.42 Å². The highest BCUT2D eigenvalue weighted by Gasteiger charge is 2.33. The molecule has 2 N–H and O–H groups in total. The molecule has 1 aliphatic heterocycles. The SMILES string of the molecule is C#CCOc1ccc(/C(=C2N=C(/C=C/c3c[nH]c4ccccc34)C(CC)=C/2C)c2c(C)c(CC)c(/C=C/c3c[nH]c4ccccc34)n2B(F)F)cc1. The molecule has 258 valence electrons. The Morgan fingerprint density at radius 2 is 1.46 bits per heavy atom. The molecule has 0 amide bonds. The molecule has 0 saturated heterocycles. The molecule has 0 atom stereocenters. The predicted octanol–water partition coefficient (Wildman–Crippen LogP) is 10.9. The fourth-order valence-electron chi connectivity index (χ4n) is 7.38. The van der Waals surface area contributed by atoms with E-state index >= 15 is 8.63 Å². The van der Waals surface area contributed by atoms with E-state index in [0.717, 1.165) is 72.9 Å². The van der Waals surface area contributed by atoms with Crippen LogP contribution in [0.1, 0.15) is 66.4 Å². The Kier molecular flexibility index (Phi) is 9.69. The lowest BCUT2D eigenvalue weighted by molar-refractivity contribution is 0.370. The van der Waals surface area contributed by atoms with Crippen LogP contribution in [0.3, 0.4) is 0 Å². The van der Waals surface area contributed by atoms with Crippen LogP contribution < -0.4 is 4.74 Å². The first-order valence-corrected chi connectivity index (χ1v) is 17.5. The Morgan fingerprint density at radius 3 is 2.04 bits per heavy atom. The number of rotatable bonds is 11. The summed E-state index contributed by atoms with van der Waals surface area (Å²) >= 11 is 0. The van der Waals surface area contributed by atoms with Gasteiger partial charge in [0, 0.05) is 51.2 Å². The molecule has 0 aliphatic carbocycles. The van der Waals surface area contributed by atoms with Crippen molar-refractivity contribution >= 4 is 58.7 Å². The number of nitrogens with zero attached hydrogens (tertiary/aromatic N) is 2. The van der Waals surface area contributed by atoms with Crippen molar-refractivity contribution in [2.75, 3.05) is 6.61 Å². The predicted molar refractivity (Wildman–Crippen MR) is 214 cm³/mol. The molecule has 3 aromatic heterocycles. The van der Waals surface area contributed by atoms with Crippen molar-refractivity contribution in [3.8, 4) is 18.1 Å². The fourth-order valence-corrected chi connectivity index (χ4v) is 7.38. The van der Waals surface area contributed by atoms with Gasteiger partial charge in [-0.25, -0.2) is 4.99 Å². The molecule has 1 aliphatic rings. The van der Waals surface area contributed by atoms with Crippen molar-refractivity contribution in [1.82, 2.24) is 14.4 Å². The summed E-state index contributed by atoms with van der Waals surface area (Å²) in [5.74, 6) is 3.09. The third kappa shape index (κ3) is 6.24. The number of benzene rings is 3. The minimum Gasteiger partial charge on any atom is -0.481 e. The summed E-state index contributed by atoms with van der Waals surface area (Å²) in [6.07, 6.45) is 18.5. The number of aromatic amines is 2. The number of hydrogen-bond acceptors (Lipinski definition) is 2. The van der Waals surface area contributed by atoms with E-state index in [1.165, 1.54) is 4.48 Å². The Hall–Kier alpha value is -6.07. The van der Waals surface area contributed by atoms with Gasteiger partial charge in [-0.15, -0.1) is 6.42 Å². The molecule has 3 aromatic carbocycles. The van der Waals surface area contributed by atoms with Crippen molar-refractivity contribution in [2.24, 2.45) is 4.99 Å². The maximum Gasteiger partial charge on any atom is 0.678 e. The summed E-state index contributed by atoms with van der Waals surface area (Å²) in [6.45, 7) is 8.22. The first-order valence-electron chi connectivity index (χ1n) is 17.5. The van der Waals surface area contributed by atoms with Crippen LogP contribution in [0.5, 0.6) is 5.75 Å². The van der Waals surface area contributed by atoms with Gasteiger partial charge in [0.05, 0.1) is 11.4 Å². The molecule has 0 saturated carbocycles. The second kappa shape index (κ2) is 14.7. The fraction of sp³-hybridized carbons (Fsp3) is 0.159. The zero-order chi connectivity index (χ0) is 36.4. The average molecular weight is 689 g/mol. The topological polar surface area (TPSA) is 58.1 Å². The van der Waals surface area contributed by atoms with E-state index in [1.807, 2.05) is 118 Å². The molecule has 6 aromatic rings. The number of aliphatic imine (C=N–C) groups is 1. The monoisotopic (exact) mass is 688 g/mol. The highest BCUT2D eigenvalue weighted by Crippen LogP contribution is 2.42. The van der Waals surface area contributed by atoms with E-state index in [4.69, 9.17) is 16.2 Å². The van der Waals surface area contributed by atoms with Crippen LogP contribution in [0.2, 0.25) is 0 Å². The third-order valence-electron chi connectivity index (χ3n) is 9.89. The van der Waals surface area contributed by atoms with Gasteiger partial charge in [-0.3, -0.25) is 8.63 Å². The normalized spacial score (nSPS) is 14.3. The van der Waals surface area contributed by atoms with Gasteiger partial charge in [-0.1, -0.05) is 80.5 Å². The molecule has 7 rings (SSSR count). The summed E-state index contributed by atoms with van der Waals surface area (Å²) in [6, 6.07) is 23.6. The van der Waals surface area contributed by atoms with Crippen LogP contribution in [0.4, 0.5) is 8.63 Å². The Balaban J connectivity index is 1.44. The first kappa shape index (κ1) is 34.4. The van der Waals surface area contributed by atoms with Crippen LogP contribution in [-0.4, -0.2) is 34.2 Å². The average Bonchev–Trinajstić information content (AvgIpc) is 3.92. The molecule has 0 unspecified atom stereocenters. The van der Waals surface area contributed by atoms with E-state index in [2.05, 4.69) is 35.0 Å². The van der Waals surface area contributed by atoms with E-state index in [0.29, 0.717) is 34.8 Å². The third-order valence-corrected chi connectivity index (χ3v) is 9.89. The summed E-state index contributed by atoms with van der Waals surface area (Å²) in [5.41, 5.74) is 11.5. The lowest BCUT2D eigenvalue weighted by Crippen LogP contribution is -2.18. The Morgan fingerprint density at radius 1 is 0.846 bits per heavy atom. The molecule has 0 spiro atoms. The maximum absolute atomic E-state index is 15.6. The number of fused-ring (bicyclic) bond motifs is 2. The number of para-hydroxylation sites is 2. The quantitative estimate of drug-likeness (QED) is 0.103. The second-order valence-electron chi connectivity index (χ2n) is 12.8. The summed E-state index contributed by atoms with van der Waals surface area (Å²) in [5, 5.41) is 2.14. The van der Waals surface area contributed by atoms with Gasteiger partial charge in [0.2, 0.25) is 0 Å². The summed E-state index contributed by atoms with van der Waals surface area (Å²) < 4.78 is 38.1. The highest BCUT2D eigenvalue weighted by atomic mass is 19.2. The number of H-pyrrole nitrogens is 2. The van der Waals surface area contributed by atoms with Crippen molar-refractivity contribution in [3.05, 3.63) is 147 Å².